The predicted octanol–water partition coefficient (Wildman–Crippen LogP) is 3.23. The van der Waals surface area contributed by atoms with Crippen LogP contribution in [0.2, 0.25) is 0 Å². The third kappa shape index (κ3) is 3.68. The third-order valence-electron chi connectivity index (χ3n) is 2.02. The van der Waals surface area contributed by atoms with Crippen LogP contribution in [0.1, 0.15) is 46.1 Å². The summed E-state index contributed by atoms with van der Waals surface area (Å²) < 4.78 is 1.76. The normalized spacial score (nSPS) is 9.06. The molecular formula is C13H25N5. The van der Waals surface area contributed by atoms with Gasteiger partial charge in [0.1, 0.15) is 0 Å². The van der Waals surface area contributed by atoms with Gasteiger partial charge in [0.05, 0.1) is 11.4 Å². The summed E-state index contributed by atoms with van der Waals surface area (Å²) in [6.07, 6.45) is 0. The first-order valence-corrected chi connectivity index (χ1v) is 6.66. The van der Waals surface area contributed by atoms with Crippen LogP contribution >= 0.6 is 0 Å². The maximum atomic E-state index is 4.33. The first-order chi connectivity index (χ1) is 8.72. The molecule has 0 saturated carbocycles. The molecule has 0 amide bonds. The van der Waals surface area contributed by atoms with E-state index in [4.69, 9.17) is 0 Å². The number of nitrogens with one attached hydrogen (secondary N) is 1. The third-order valence-corrected chi connectivity index (χ3v) is 2.02. The van der Waals surface area contributed by atoms with Crippen molar-refractivity contribution in [1.82, 2.24) is 19.8 Å². The number of nitrogens with zero attached hydrogens (tertiary/aromatic N) is 4. The zero-order valence-electron chi connectivity index (χ0n) is 12.6. The summed E-state index contributed by atoms with van der Waals surface area (Å²) in [5, 5.41) is 15.6. The van der Waals surface area contributed by atoms with Gasteiger partial charge in [0.2, 0.25) is 5.65 Å². The fourth-order valence-electron chi connectivity index (χ4n) is 1.43. The molecule has 102 valence electrons. The zero-order chi connectivity index (χ0) is 14.1. The van der Waals surface area contributed by atoms with Crippen LogP contribution < -0.4 is 5.32 Å². The lowest BCUT2D eigenvalue weighted by Gasteiger charge is -2.05. The molecule has 0 spiro atoms. The standard InChI is InChI=1S/C9H13N5.2C2H6/c1-4-10-8-5-6(2)13-14-7(3)11-12-9(8)14;2*1-2/h5,10H,4H2,1-3H3;2*1-2H3. The maximum absolute atomic E-state index is 4.33. The number of aromatic nitrogens is 4. The minimum Gasteiger partial charge on any atom is -0.382 e. The van der Waals surface area contributed by atoms with Crippen LogP contribution in [0.3, 0.4) is 0 Å². The number of fused-ring (bicyclic) bond motifs is 1. The summed E-state index contributed by atoms with van der Waals surface area (Å²) >= 11 is 0. The van der Waals surface area contributed by atoms with Gasteiger partial charge >= 0.3 is 0 Å². The first kappa shape index (κ1) is 16.4. The molecule has 0 bridgehead atoms. The average molecular weight is 251 g/mol. The maximum Gasteiger partial charge on any atom is 0.200 e. The number of rotatable bonds is 2. The fourth-order valence-corrected chi connectivity index (χ4v) is 1.43. The minimum absolute atomic E-state index is 0.787. The molecule has 0 saturated heterocycles. The highest BCUT2D eigenvalue weighted by Gasteiger charge is 2.07. The second-order valence-corrected chi connectivity index (χ2v) is 3.21. The van der Waals surface area contributed by atoms with Crippen molar-refractivity contribution in [2.75, 3.05) is 11.9 Å². The number of anilines is 1. The van der Waals surface area contributed by atoms with Gasteiger partial charge in [-0.3, -0.25) is 0 Å². The lowest BCUT2D eigenvalue weighted by molar-refractivity contribution is 0.851. The molecule has 0 unspecified atom stereocenters. The average Bonchev–Trinajstić information content (AvgIpc) is 2.77. The van der Waals surface area contributed by atoms with Crippen molar-refractivity contribution in [2.24, 2.45) is 0 Å². The first-order valence-electron chi connectivity index (χ1n) is 6.66. The molecule has 0 aliphatic carbocycles. The molecule has 0 fully saturated rings. The molecule has 18 heavy (non-hydrogen) atoms. The van der Waals surface area contributed by atoms with Gasteiger partial charge in [0, 0.05) is 6.54 Å². The van der Waals surface area contributed by atoms with Crippen LogP contribution in [0.25, 0.3) is 5.65 Å². The highest BCUT2D eigenvalue weighted by Crippen LogP contribution is 2.15. The molecule has 0 aromatic carbocycles. The summed E-state index contributed by atoms with van der Waals surface area (Å²) in [6.45, 7) is 14.8. The van der Waals surface area contributed by atoms with Crippen LogP contribution in [0, 0.1) is 13.8 Å². The second kappa shape index (κ2) is 8.44. The van der Waals surface area contributed by atoms with Gasteiger partial charge in [-0.2, -0.15) is 9.61 Å². The summed E-state index contributed by atoms with van der Waals surface area (Å²) in [4.78, 5) is 0. The van der Waals surface area contributed by atoms with Gasteiger partial charge in [-0.25, -0.2) is 0 Å². The van der Waals surface area contributed by atoms with Crippen molar-refractivity contribution in [3.05, 3.63) is 17.6 Å². The van der Waals surface area contributed by atoms with Crippen molar-refractivity contribution < 1.29 is 0 Å². The van der Waals surface area contributed by atoms with Crippen LogP contribution in [0.15, 0.2) is 6.07 Å². The monoisotopic (exact) mass is 251 g/mol. The second-order valence-electron chi connectivity index (χ2n) is 3.21. The van der Waals surface area contributed by atoms with E-state index in [0.717, 1.165) is 29.4 Å². The zero-order valence-corrected chi connectivity index (χ0v) is 12.6. The lowest BCUT2D eigenvalue weighted by atomic mass is 10.3. The number of aryl methyl sites for hydroxylation is 2. The van der Waals surface area contributed by atoms with E-state index in [1.54, 1.807) is 4.52 Å². The summed E-state index contributed by atoms with van der Waals surface area (Å²) in [5.41, 5.74) is 2.73. The highest BCUT2D eigenvalue weighted by atomic mass is 15.4. The largest absolute Gasteiger partial charge is 0.382 e. The Balaban J connectivity index is 0.000000659. The fraction of sp³-hybridized carbons (Fsp3) is 0.615. The lowest BCUT2D eigenvalue weighted by Crippen LogP contribution is -2.04. The molecular weight excluding hydrogens is 226 g/mol. The molecule has 2 rings (SSSR count). The Morgan fingerprint density at radius 1 is 1.11 bits per heavy atom. The summed E-state index contributed by atoms with van der Waals surface area (Å²) in [7, 11) is 0. The van der Waals surface area contributed by atoms with Gasteiger partial charge in [-0.15, -0.1) is 10.2 Å². The molecule has 0 atom stereocenters. The number of hydrogen-bond donors (Lipinski definition) is 1. The van der Waals surface area contributed by atoms with Crippen LogP contribution in [-0.2, 0) is 0 Å². The van der Waals surface area contributed by atoms with Crippen LogP contribution in [0.4, 0.5) is 5.69 Å². The SMILES string of the molecule is CC.CC.CCNc1cc(C)nn2c(C)nnc12. The smallest absolute Gasteiger partial charge is 0.200 e. The Labute approximate surface area is 110 Å². The predicted molar refractivity (Wildman–Crippen MR) is 77.1 cm³/mol. The Bertz CT molecular complexity index is 462. The van der Waals surface area contributed by atoms with E-state index in [9.17, 15) is 0 Å². The summed E-state index contributed by atoms with van der Waals surface area (Å²) in [6, 6.07) is 1.98. The van der Waals surface area contributed by atoms with Crippen molar-refractivity contribution in [1.29, 1.82) is 0 Å². The Kier molecular flexibility index (Phi) is 7.67. The van der Waals surface area contributed by atoms with Crippen LogP contribution in [0.5, 0.6) is 0 Å². The van der Waals surface area contributed by atoms with E-state index >= 15 is 0 Å². The summed E-state index contributed by atoms with van der Waals surface area (Å²) in [5.74, 6) is 0.808. The molecule has 1 N–H and O–H groups in total. The molecule has 5 heteroatoms. The van der Waals surface area contributed by atoms with Gasteiger partial charge < -0.3 is 5.32 Å². The highest BCUT2D eigenvalue weighted by molar-refractivity contribution is 5.66. The molecule has 0 aliphatic heterocycles. The molecule has 2 aromatic rings. The number of hydrogen-bond acceptors (Lipinski definition) is 4. The van der Waals surface area contributed by atoms with Crippen LogP contribution in [-0.4, -0.2) is 26.4 Å². The van der Waals surface area contributed by atoms with Gasteiger partial charge in [0.15, 0.2) is 5.82 Å². The van der Waals surface area contributed by atoms with E-state index in [2.05, 4.69) is 27.5 Å². The topological polar surface area (TPSA) is 55.1 Å². The Morgan fingerprint density at radius 2 is 1.72 bits per heavy atom. The van der Waals surface area contributed by atoms with E-state index in [0.29, 0.717) is 0 Å². The van der Waals surface area contributed by atoms with Crippen molar-refractivity contribution in [2.45, 2.75) is 48.5 Å². The molecule has 2 aromatic heterocycles. The van der Waals surface area contributed by atoms with Crippen molar-refractivity contribution in [3.8, 4) is 0 Å². The molecule has 2 heterocycles. The molecule has 0 radical (unpaired) electrons. The van der Waals surface area contributed by atoms with E-state index in [1.165, 1.54) is 0 Å². The van der Waals surface area contributed by atoms with Gasteiger partial charge in [-0.1, -0.05) is 27.7 Å². The van der Waals surface area contributed by atoms with E-state index < -0.39 is 0 Å². The van der Waals surface area contributed by atoms with E-state index in [-0.39, 0.29) is 0 Å². The molecule has 5 nitrogen and oxygen atoms in total. The Morgan fingerprint density at radius 3 is 2.28 bits per heavy atom. The quantitative estimate of drug-likeness (QED) is 0.890. The van der Waals surface area contributed by atoms with Gasteiger partial charge in [0.25, 0.3) is 0 Å². The Hall–Kier alpha value is -1.65. The molecule has 0 aliphatic rings. The van der Waals surface area contributed by atoms with Gasteiger partial charge in [-0.05, 0) is 26.8 Å². The van der Waals surface area contributed by atoms with Crippen molar-refractivity contribution >= 4 is 11.3 Å². The minimum atomic E-state index is 0.787. The van der Waals surface area contributed by atoms with E-state index in [1.807, 2.05) is 47.6 Å². The van der Waals surface area contributed by atoms with Crippen molar-refractivity contribution in [3.63, 3.8) is 0 Å².